The number of rotatable bonds is 5. The SMILES string of the molecule is CCC(CCO)NC(=O)c1cc(C)ccc1F. The summed E-state index contributed by atoms with van der Waals surface area (Å²) >= 11 is 0. The quantitative estimate of drug-likeness (QED) is 0.826. The molecule has 0 spiro atoms. The lowest BCUT2D eigenvalue weighted by Crippen LogP contribution is -2.35. The second-order valence-corrected chi connectivity index (χ2v) is 4.07. The molecule has 0 saturated carbocycles. The van der Waals surface area contributed by atoms with Gasteiger partial charge in [0, 0.05) is 12.6 Å². The number of benzene rings is 1. The number of aliphatic hydroxyl groups is 1. The Morgan fingerprint density at radius 1 is 1.53 bits per heavy atom. The van der Waals surface area contributed by atoms with Gasteiger partial charge in [-0.1, -0.05) is 18.6 Å². The Hall–Kier alpha value is -1.42. The van der Waals surface area contributed by atoms with Gasteiger partial charge in [-0.2, -0.15) is 0 Å². The van der Waals surface area contributed by atoms with Crippen LogP contribution in [0.3, 0.4) is 0 Å². The summed E-state index contributed by atoms with van der Waals surface area (Å²) in [5.41, 5.74) is 0.896. The second-order valence-electron chi connectivity index (χ2n) is 4.07. The molecule has 1 aromatic rings. The molecule has 0 fully saturated rings. The molecule has 0 aliphatic carbocycles. The van der Waals surface area contributed by atoms with Gasteiger partial charge in [0.15, 0.2) is 0 Å². The normalized spacial score (nSPS) is 12.2. The monoisotopic (exact) mass is 239 g/mol. The third-order valence-electron chi connectivity index (χ3n) is 2.67. The predicted octanol–water partition coefficient (Wildman–Crippen LogP) is 2.02. The summed E-state index contributed by atoms with van der Waals surface area (Å²) in [6, 6.07) is 4.32. The van der Waals surface area contributed by atoms with Gasteiger partial charge in [0.25, 0.3) is 5.91 Å². The van der Waals surface area contributed by atoms with Gasteiger partial charge in [-0.25, -0.2) is 4.39 Å². The van der Waals surface area contributed by atoms with Gasteiger partial charge in [0.05, 0.1) is 5.56 Å². The lowest BCUT2D eigenvalue weighted by Gasteiger charge is -2.16. The molecule has 0 bridgehead atoms. The molecule has 1 rings (SSSR count). The molecule has 1 aromatic carbocycles. The third-order valence-corrected chi connectivity index (χ3v) is 2.67. The van der Waals surface area contributed by atoms with Crippen LogP contribution >= 0.6 is 0 Å². The van der Waals surface area contributed by atoms with E-state index in [1.807, 2.05) is 6.92 Å². The van der Waals surface area contributed by atoms with Crippen LogP contribution in [0.1, 0.15) is 35.7 Å². The molecule has 0 aliphatic rings. The van der Waals surface area contributed by atoms with Crippen molar-refractivity contribution < 1.29 is 14.3 Å². The van der Waals surface area contributed by atoms with E-state index >= 15 is 0 Å². The van der Waals surface area contributed by atoms with E-state index in [4.69, 9.17) is 5.11 Å². The summed E-state index contributed by atoms with van der Waals surface area (Å²) in [6.07, 6.45) is 1.19. The summed E-state index contributed by atoms with van der Waals surface area (Å²) in [6.45, 7) is 3.73. The fourth-order valence-corrected chi connectivity index (χ4v) is 1.61. The molecule has 0 aliphatic heterocycles. The molecule has 1 amide bonds. The highest BCUT2D eigenvalue weighted by Gasteiger charge is 2.15. The fraction of sp³-hybridized carbons (Fsp3) is 0.462. The van der Waals surface area contributed by atoms with Crippen molar-refractivity contribution in [1.82, 2.24) is 5.32 Å². The molecule has 0 saturated heterocycles. The van der Waals surface area contributed by atoms with E-state index in [9.17, 15) is 9.18 Å². The van der Waals surface area contributed by atoms with Crippen LogP contribution in [0.2, 0.25) is 0 Å². The highest BCUT2D eigenvalue weighted by molar-refractivity contribution is 5.94. The number of aliphatic hydroxyl groups excluding tert-OH is 1. The number of carbonyl (C=O) groups is 1. The zero-order chi connectivity index (χ0) is 12.8. The van der Waals surface area contributed by atoms with E-state index in [0.717, 1.165) is 5.56 Å². The second kappa shape index (κ2) is 6.35. The molecule has 2 N–H and O–H groups in total. The van der Waals surface area contributed by atoms with Crippen molar-refractivity contribution in [1.29, 1.82) is 0 Å². The number of hydrogen-bond donors (Lipinski definition) is 2. The van der Waals surface area contributed by atoms with Crippen molar-refractivity contribution in [2.24, 2.45) is 0 Å². The average molecular weight is 239 g/mol. The van der Waals surface area contributed by atoms with Crippen molar-refractivity contribution >= 4 is 5.91 Å². The molecule has 1 atom stereocenters. The van der Waals surface area contributed by atoms with E-state index < -0.39 is 11.7 Å². The van der Waals surface area contributed by atoms with Crippen molar-refractivity contribution in [3.8, 4) is 0 Å². The van der Waals surface area contributed by atoms with Crippen LogP contribution in [0, 0.1) is 12.7 Å². The van der Waals surface area contributed by atoms with Gasteiger partial charge in [0.2, 0.25) is 0 Å². The lowest BCUT2D eigenvalue weighted by atomic mass is 10.1. The number of nitrogens with one attached hydrogen (secondary N) is 1. The average Bonchev–Trinajstić information content (AvgIpc) is 2.31. The van der Waals surface area contributed by atoms with Crippen LogP contribution in [0.4, 0.5) is 4.39 Å². The molecule has 1 unspecified atom stereocenters. The number of aryl methyl sites for hydroxylation is 1. The van der Waals surface area contributed by atoms with E-state index in [1.165, 1.54) is 12.1 Å². The molecule has 94 valence electrons. The van der Waals surface area contributed by atoms with E-state index in [0.29, 0.717) is 12.8 Å². The first kappa shape index (κ1) is 13.6. The molecule has 17 heavy (non-hydrogen) atoms. The Balaban J connectivity index is 2.78. The van der Waals surface area contributed by atoms with Gasteiger partial charge < -0.3 is 10.4 Å². The number of amides is 1. The topological polar surface area (TPSA) is 49.3 Å². The van der Waals surface area contributed by atoms with Gasteiger partial charge in [-0.05, 0) is 31.9 Å². The van der Waals surface area contributed by atoms with Crippen molar-refractivity contribution in [3.63, 3.8) is 0 Å². The minimum atomic E-state index is -0.521. The first-order valence-electron chi connectivity index (χ1n) is 5.76. The highest BCUT2D eigenvalue weighted by atomic mass is 19.1. The van der Waals surface area contributed by atoms with Crippen LogP contribution in [0.25, 0.3) is 0 Å². The Morgan fingerprint density at radius 3 is 2.82 bits per heavy atom. The predicted molar refractivity (Wildman–Crippen MR) is 64.4 cm³/mol. The molecule has 0 radical (unpaired) electrons. The molecule has 0 aromatic heterocycles. The Morgan fingerprint density at radius 2 is 2.24 bits per heavy atom. The van der Waals surface area contributed by atoms with Gasteiger partial charge in [-0.15, -0.1) is 0 Å². The van der Waals surface area contributed by atoms with E-state index in [1.54, 1.807) is 13.0 Å². The summed E-state index contributed by atoms with van der Waals surface area (Å²) < 4.78 is 13.5. The molecule has 0 heterocycles. The smallest absolute Gasteiger partial charge is 0.254 e. The first-order valence-corrected chi connectivity index (χ1v) is 5.76. The number of carbonyl (C=O) groups excluding carboxylic acids is 1. The van der Waals surface area contributed by atoms with E-state index in [-0.39, 0.29) is 18.2 Å². The van der Waals surface area contributed by atoms with Crippen molar-refractivity contribution in [2.45, 2.75) is 32.7 Å². The molecule has 4 heteroatoms. The first-order chi connectivity index (χ1) is 8.08. The zero-order valence-corrected chi connectivity index (χ0v) is 10.2. The van der Waals surface area contributed by atoms with Gasteiger partial charge >= 0.3 is 0 Å². The minimum Gasteiger partial charge on any atom is -0.396 e. The van der Waals surface area contributed by atoms with Crippen LogP contribution in [0.5, 0.6) is 0 Å². The maximum Gasteiger partial charge on any atom is 0.254 e. The highest BCUT2D eigenvalue weighted by Crippen LogP contribution is 2.10. The Bertz CT molecular complexity index is 393. The Kier molecular flexibility index (Phi) is 5.10. The van der Waals surface area contributed by atoms with E-state index in [2.05, 4.69) is 5.32 Å². The van der Waals surface area contributed by atoms with Crippen LogP contribution < -0.4 is 5.32 Å². The Labute approximate surface area is 101 Å². The lowest BCUT2D eigenvalue weighted by molar-refractivity contribution is 0.0925. The summed E-state index contributed by atoms with van der Waals surface area (Å²) in [5.74, 6) is -0.946. The van der Waals surface area contributed by atoms with Gasteiger partial charge in [0.1, 0.15) is 5.82 Å². The van der Waals surface area contributed by atoms with Crippen LogP contribution in [-0.2, 0) is 0 Å². The summed E-state index contributed by atoms with van der Waals surface area (Å²) in [5, 5.41) is 11.5. The van der Waals surface area contributed by atoms with Crippen LogP contribution in [0.15, 0.2) is 18.2 Å². The van der Waals surface area contributed by atoms with Crippen LogP contribution in [-0.4, -0.2) is 23.7 Å². The number of hydrogen-bond acceptors (Lipinski definition) is 2. The van der Waals surface area contributed by atoms with Crippen molar-refractivity contribution in [2.75, 3.05) is 6.61 Å². The van der Waals surface area contributed by atoms with Crippen molar-refractivity contribution in [3.05, 3.63) is 35.1 Å². The summed E-state index contributed by atoms with van der Waals surface area (Å²) in [7, 11) is 0. The molecular formula is C13H18FNO2. The standard InChI is InChI=1S/C13H18FNO2/c1-3-10(6-7-16)15-13(17)11-8-9(2)4-5-12(11)14/h4-5,8,10,16H,3,6-7H2,1-2H3,(H,15,17). The third kappa shape index (κ3) is 3.82. The molecular weight excluding hydrogens is 221 g/mol. The number of halogens is 1. The summed E-state index contributed by atoms with van der Waals surface area (Å²) in [4.78, 5) is 11.8. The fourth-order valence-electron chi connectivity index (χ4n) is 1.61. The maximum absolute atomic E-state index is 13.5. The maximum atomic E-state index is 13.5. The largest absolute Gasteiger partial charge is 0.396 e. The molecule has 3 nitrogen and oxygen atoms in total. The zero-order valence-electron chi connectivity index (χ0n) is 10.2. The minimum absolute atomic E-state index is 0.00901. The van der Waals surface area contributed by atoms with Gasteiger partial charge in [-0.3, -0.25) is 4.79 Å².